The van der Waals surface area contributed by atoms with Gasteiger partial charge in [0.25, 0.3) is 10.0 Å². The summed E-state index contributed by atoms with van der Waals surface area (Å²) in [6.45, 7) is -0.177. The van der Waals surface area contributed by atoms with E-state index in [4.69, 9.17) is 0 Å². The van der Waals surface area contributed by atoms with Crippen molar-refractivity contribution in [1.82, 2.24) is 34.1 Å². The molecule has 5 aromatic rings. The SMILES string of the molecule is O=S(=O)(C1CC1)n1cc(-c2nccc(Nc3ccccc3-c3cc4[nH]c(CO)nc4cn3)n2)cn1. The van der Waals surface area contributed by atoms with E-state index in [1.807, 2.05) is 30.3 Å². The van der Waals surface area contributed by atoms with Gasteiger partial charge in [0.2, 0.25) is 0 Å². The molecular formula is C23H20N8O3S. The number of nitrogens with one attached hydrogen (secondary N) is 2. The quantitative estimate of drug-likeness (QED) is 0.314. The van der Waals surface area contributed by atoms with Gasteiger partial charge in [-0.05, 0) is 31.0 Å². The van der Waals surface area contributed by atoms with Crippen LogP contribution in [0.4, 0.5) is 11.5 Å². The maximum absolute atomic E-state index is 12.4. The van der Waals surface area contributed by atoms with Crippen LogP contribution >= 0.6 is 0 Å². The van der Waals surface area contributed by atoms with E-state index in [0.717, 1.165) is 26.5 Å². The number of para-hydroxylation sites is 1. The third-order valence-electron chi connectivity index (χ3n) is 5.71. The minimum atomic E-state index is -3.46. The molecule has 0 atom stereocenters. The number of hydrogen-bond donors (Lipinski definition) is 3. The number of imidazole rings is 1. The highest BCUT2D eigenvalue weighted by Gasteiger charge is 2.37. The van der Waals surface area contributed by atoms with Crippen molar-refractivity contribution in [2.45, 2.75) is 24.7 Å². The molecule has 1 aliphatic carbocycles. The largest absolute Gasteiger partial charge is 0.388 e. The van der Waals surface area contributed by atoms with Crippen LogP contribution in [0, 0.1) is 0 Å². The Morgan fingerprint density at radius 3 is 2.80 bits per heavy atom. The summed E-state index contributed by atoms with van der Waals surface area (Å²) in [6.07, 6.45) is 7.50. The van der Waals surface area contributed by atoms with Crippen molar-refractivity contribution in [2.75, 3.05) is 5.32 Å². The van der Waals surface area contributed by atoms with Crippen molar-refractivity contribution in [3.8, 4) is 22.6 Å². The van der Waals surface area contributed by atoms with Gasteiger partial charge in [-0.2, -0.15) is 9.19 Å². The van der Waals surface area contributed by atoms with E-state index in [1.54, 1.807) is 18.5 Å². The monoisotopic (exact) mass is 488 g/mol. The van der Waals surface area contributed by atoms with Crippen LogP contribution in [0.1, 0.15) is 18.7 Å². The molecule has 0 spiro atoms. The fourth-order valence-corrected chi connectivity index (χ4v) is 5.26. The molecule has 12 heteroatoms. The first-order valence-electron chi connectivity index (χ1n) is 11.0. The average Bonchev–Trinajstić information content (AvgIpc) is 3.47. The van der Waals surface area contributed by atoms with Gasteiger partial charge in [-0.3, -0.25) is 4.98 Å². The van der Waals surface area contributed by atoms with E-state index >= 15 is 0 Å². The van der Waals surface area contributed by atoms with E-state index in [1.165, 1.54) is 12.4 Å². The highest BCUT2D eigenvalue weighted by atomic mass is 32.2. The number of aliphatic hydroxyl groups excluding tert-OH is 1. The first-order chi connectivity index (χ1) is 17.0. The molecule has 0 saturated heterocycles. The Balaban J connectivity index is 1.30. The molecular weight excluding hydrogens is 468 g/mol. The molecule has 176 valence electrons. The number of aromatic amines is 1. The molecule has 4 heterocycles. The number of aliphatic hydroxyl groups is 1. The number of fused-ring (bicyclic) bond motifs is 1. The second-order valence-corrected chi connectivity index (χ2v) is 10.3. The molecule has 11 nitrogen and oxygen atoms in total. The first kappa shape index (κ1) is 21.4. The Hall–Kier alpha value is -4.16. The Morgan fingerprint density at radius 2 is 1.97 bits per heavy atom. The highest BCUT2D eigenvalue weighted by molar-refractivity contribution is 7.90. The van der Waals surface area contributed by atoms with E-state index in [2.05, 4.69) is 35.3 Å². The molecule has 0 radical (unpaired) electrons. The van der Waals surface area contributed by atoms with Crippen LogP contribution in [0.5, 0.6) is 0 Å². The van der Waals surface area contributed by atoms with Crippen molar-refractivity contribution >= 4 is 32.6 Å². The molecule has 1 aliphatic rings. The minimum absolute atomic E-state index is 0.177. The summed E-state index contributed by atoms with van der Waals surface area (Å²) in [7, 11) is -3.46. The molecule has 1 saturated carbocycles. The second-order valence-electron chi connectivity index (χ2n) is 8.21. The third kappa shape index (κ3) is 4.02. The van der Waals surface area contributed by atoms with Crippen LogP contribution < -0.4 is 5.32 Å². The predicted octanol–water partition coefficient (Wildman–Crippen LogP) is 2.85. The van der Waals surface area contributed by atoms with Crippen LogP contribution in [0.2, 0.25) is 0 Å². The first-order valence-corrected chi connectivity index (χ1v) is 12.5. The molecule has 0 aliphatic heterocycles. The van der Waals surface area contributed by atoms with Gasteiger partial charge in [0.1, 0.15) is 23.8 Å². The van der Waals surface area contributed by atoms with Gasteiger partial charge < -0.3 is 15.4 Å². The van der Waals surface area contributed by atoms with Gasteiger partial charge in [-0.25, -0.2) is 23.4 Å². The normalized spacial score (nSPS) is 13.9. The third-order valence-corrected chi connectivity index (χ3v) is 7.75. The van der Waals surface area contributed by atoms with Crippen molar-refractivity contribution in [3.05, 3.63) is 67.0 Å². The summed E-state index contributed by atoms with van der Waals surface area (Å²) in [4.78, 5) is 20.7. The van der Waals surface area contributed by atoms with Crippen LogP contribution in [0.3, 0.4) is 0 Å². The van der Waals surface area contributed by atoms with Crippen molar-refractivity contribution in [1.29, 1.82) is 0 Å². The van der Waals surface area contributed by atoms with Gasteiger partial charge in [0, 0.05) is 17.4 Å². The smallest absolute Gasteiger partial charge is 0.256 e. The zero-order chi connectivity index (χ0) is 24.0. The number of H-pyrrole nitrogens is 1. The minimum Gasteiger partial charge on any atom is -0.388 e. The molecule has 1 aromatic carbocycles. The van der Waals surface area contributed by atoms with E-state index in [9.17, 15) is 13.5 Å². The summed E-state index contributed by atoms with van der Waals surface area (Å²) in [5.74, 6) is 1.37. The number of aromatic nitrogens is 7. The fourth-order valence-electron chi connectivity index (χ4n) is 3.79. The molecule has 0 bridgehead atoms. The summed E-state index contributed by atoms with van der Waals surface area (Å²) in [6, 6.07) is 11.3. The van der Waals surface area contributed by atoms with Crippen molar-refractivity contribution in [3.63, 3.8) is 0 Å². The summed E-state index contributed by atoms with van der Waals surface area (Å²) < 4.78 is 25.9. The lowest BCUT2D eigenvalue weighted by molar-refractivity contribution is 0.273. The zero-order valence-electron chi connectivity index (χ0n) is 18.3. The molecule has 0 unspecified atom stereocenters. The molecule has 6 rings (SSSR count). The Morgan fingerprint density at radius 1 is 1.11 bits per heavy atom. The van der Waals surface area contributed by atoms with Crippen LogP contribution in [0.15, 0.2) is 61.2 Å². The van der Waals surface area contributed by atoms with Crippen LogP contribution in [0.25, 0.3) is 33.7 Å². The lowest BCUT2D eigenvalue weighted by Crippen LogP contribution is -2.17. The Bertz CT molecular complexity index is 1660. The standard InChI is InChI=1S/C23H20N8O3S/c32-13-22-28-19-9-18(25-11-20(19)29-22)16-3-1-2-4-17(16)27-21-7-8-24-23(30-21)14-10-26-31(12-14)35(33,34)15-5-6-15/h1-4,7-12,15,32H,5-6,13H2,(H,28,29)(H,24,27,30). The summed E-state index contributed by atoms with van der Waals surface area (Å²) in [5, 5.41) is 16.3. The number of anilines is 2. The highest BCUT2D eigenvalue weighted by Crippen LogP contribution is 2.32. The molecule has 35 heavy (non-hydrogen) atoms. The number of pyridine rings is 1. The predicted molar refractivity (Wildman–Crippen MR) is 129 cm³/mol. The molecule has 4 aromatic heterocycles. The Labute approximate surface area is 200 Å². The van der Waals surface area contributed by atoms with Gasteiger partial charge in [-0.1, -0.05) is 18.2 Å². The number of benzene rings is 1. The van der Waals surface area contributed by atoms with Gasteiger partial charge in [-0.15, -0.1) is 0 Å². The maximum atomic E-state index is 12.4. The maximum Gasteiger partial charge on any atom is 0.256 e. The zero-order valence-corrected chi connectivity index (χ0v) is 19.1. The van der Waals surface area contributed by atoms with Crippen molar-refractivity contribution < 1.29 is 13.5 Å². The fraction of sp³-hybridized carbons (Fsp3) is 0.174. The van der Waals surface area contributed by atoms with E-state index < -0.39 is 10.0 Å². The van der Waals surface area contributed by atoms with E-state index in [-0.39, 0.29) is 11.9 Å². The topological polar surface area (TPSA) is 152 Å². The van der Waals surface area contributed by atoms with Crippen LogP contribution in [-0.4, -0.2) is 52.9 Å². The average molecular weight is 489 g/mol. The number of hydrogen-bond acceptors (Lipinski definition) is 9. The number of nitrogens with zero attached hydrogens (tertiary/aromatic N) is 6. The van der Waals surface area contributed by atoms with Gasteiger partial charge >= 0.3 is 0 Å². The Kier molecular flexibility index (Phi) is 5.04. The van der Waals surface area contributed by atoms with Crippen molar-refractivity contribution in [2.24, 2.45) is 0 Å². The lowest BCUT2D eigenvalue weighted by Gasteiger charge is -2.11. The van der Waals surface area contributed by atoms with Crippen LogP contribution in [-0.2, 0) is 16.6 Å². The van der Waals surface area contributed by atoms with Gasteiger partial charge in [0.05, 0.1) is 40.6 Å². The summed E-state index contributed by atoms with van der Waals surface area (Å²) >= 11 is 0. The summed E-state index contributed by atoms with van der Waals surface area (Å²) in [5.41, 5.74) is 4.30. The molecule has 1 fully saturated rings. The van der Waals surface area contributed by atoms with Gasteiger partial charge in [0.15, 0.2) is 5.82 Å². The molecule has 0 amide bonds. The number of rotatable bonds is 7. The molecule has 3 N–H and O–H groups in total. The lowest BCUT2D eigenvalue weighted by atomic mass is 10.1. The van der Waals surface area contributed by atoms with E-state index in [0.29, 0.717) is 41.4 Å². The second kappa shape index (κ2) is 8.25.